The third kappa shape index (κ3) is 4.11. The van der Waals surface area contributed by atoms with Crippen molar-refractivity contribution in [1.29, 1.82) is 0 Å². The van der Waals surface area contributed by atoms with E-state index in [-0.39, 0.29) is 24.8 Å². The Bertz CT molecular complexity index is 1150. The van der Waals surface area contributed by atoms with Crippen molar-refractivity contribution in [3.63, 3.8) is 0 Å². The molecule has 34 heavy (non-hydrogen) atoms. The van der Waals surface area contributed by atoms with Crippen LogP contribution in [0.3, 0.4) is 0 Å². The van der Waals surface area contributed by atoms with Crippen molar-refractivity contribution in [2.75, 3.05) is 43.4 Å². The molecule has 178 valence electrons. The summed E-state index contributed by atoms with van der Waals surface area (Å²) >= 11 is 0. The highest BCUT2D eigenvalue weighted by Gasteiger charge is 2.40. The molecule has 0 bridgehead atoms. The molecule has 1 atom stereocenters. The number of carbonyl (C=O) groups excluding carboxylic acids is 3. The van der Waals surface area contributed by atoms with Gasteiger partial charge in [0.25, 0.3) is 5.91 Å². The summed E-state index contributed by atoms with van der Waals surface area (Å²) in [5.41, 5.74) is 3.85. The molecular formula is C25H28FN5O3. The van der Waals surface area contributed by atoms with Gasteiger partial charge in [0.05, 0.1) is 5.69 Å². The topological polar surface area (TPSA) is 85.0 Å². The molecule has 0 spiro atoms. The van der Waals surface area contributed by atoms with Crippen molar-refractivity contribution in [2.24, 2.45) is 0 Å². The van der Waals surface area contributed by atoms with Gasteiger partial charge in [0.15, 0.2) is 0 Å². The Hall–Kier alpha value is -3.46. The van der Waals surface area contributed by atoms with E-state index in [1.165, 1.54) is 16.5 Å². The van der Waals surface area contributed by atoms with Crippen LogP contribution in [0, 0.1) is 5.82 Å². The predicted octanol–water partition coefficient (Wildman–Crippen LogP) is 1.95. The third-order valence-electron chi connectivity index (χ3n) is 6.98. The number of piperazine rings is 1. The summed E-state index contributed by atoms with van der Waals surface area (Å²) in [7, 11) is 1.92. The molecule has 2 fully saturated rings. The maximum Gasteiger partial charge on any atom is 0.255 e. The van der Waals surface area contributed by atoms with Crippen LogP contribution in [0.5, 0.6) is 0 Å². The standard InChI is InChI=1S/C25H28FN5O3/c1-27-20-5-3-2-4-16(20)14-29-8-10-30(11-9-29)22-12-17-15-31(25(34)18(17)13-19(22)26)21-6-7-23(32)28-24(21)33/h2-5,12-13,21,27H,6-11,14-15H2,1H3,(H,28,32,33). The smallest absolute Gasteiger partial charge is 0.255 e. The second-order valence-electron chi connectivity index (χ2n) is 9.03. The highest BCUT2D eigenvalue weighted by molar-refractivity contribution is 6.05. The van der Waals surface area contributed by atoms with Gasteiger partial charge in [-0.15, -0.1) is 0 Å². The number of carbonyl (C=O) groups is 3. The molecule has 2 N–H and O–H groups in total. The minimum atomic E-state index is -0.701. The van der Waals surface area contributed by atoms with Crippen LogP contribution in [0.2, 0.25) is 0 Å². The molecule has 0 radical (unpaired) electrons. The number of hydrogen-bond donors (Lipinski definition) is 2. The van der Waals surface area contributed by atoms with E-state index in [0.29, 0.717) is 30.8 Å². The van der Waals surface area contributed by atoms with Gasteiger partial charge in [-0.05, 0) is 35.7 Å². The number of nitrogens with zero attached hydrogens (tertiary/aromatic N) is 3. The Morgan fingerprint density at radius 2 is 1.85 bits per heavy atom. The van der Waals surface area contributed by atoms with Crippen LogP contribution < -0.4 is 15.5 Å². The SMILES string of the molecule is CNc1ccccc1CN1CCN(c2cc3c(cc2F)C(=O)N(C2CCC(=O)NC2=O)C3)CC1. The quantitative estimate of drug-likeness (QED) is 0.657. The predicted molar refractivity (Wildman–Crippen MR) is 126 cm³/mol. The van der Waals surface area contributed by atoms with E-state index < -0.39 is 17.8 Å². The number of piperidine rings is 1. The first-order valence-corrected chi connectivity index (χ1v) is 11.6. The molecule has 3 aliphatic rings. The van der Waals surface area contributed by atoms with E-state index >= 15 is 4.39 Å². The second-order valence-corrected chi connectivity index (χ2v) is 9.03. The summed E-state index contributed by atoms with van der Waals surface area (Å²) in [4.78, 5) is 42.4. The Balaban J connectivity index is 1.27. The molecule has 0 saturated carbocycles. The molecule has 8 nitrogen and oxygen atoms in total. The zero-order valence-electron chi connectivity index (χ0n) is 19.1. The summed E-state index contributed by atoms with van der Waals surface area (Å²) in [6, 6.07) is 10.6. The third-order valence-corrected chi connectivity index (χ3v) is 6.98. The molecule has 3 heterocycles. The number of anilines is 2. The van der Waals surface area contributed by atoms with Crippen LogP contribution >= 0.6 is 0 Å². The lowest BCUT2D eigenvalue weighted by Crippen LogP contribution is -2.52. The number of hydrogen-bond acceptors (Lipinski definition) is 6. The van der Waals surface area contributed by atoms with Gasteiger partial charge < -0.3 is 15.1 Å². The fourth-order valence-corrected chi connectivity index (χ4v) is 5.11. The lowest BCUT2D eigenvalue weighted by Gasteiger charge is -2.36. The lowest BCUT2D eigenvalue weighted by atomic mass is 10.0. The van der Waals surface area contributed by atoms with Crippen LogP contribution in [0.4, 0.5) is 15.8 Å². The van der Waals surface area contributed by atoms with Crippen molar-refractivity contribution in [1.82, 2.24) is 15.1 Å². The molecular weight excluding hydrogens is 437 g/mol. The molecule has 0 aromatic heterocycles. The van der Waals surface area contributed by atoms with Crippen molar-refractivity contribution < 1.29 is 18.8 Å². The molecule has 2 saturated heterocycles. The number of imide groups is 1. The first-order valence-electron chi connectivity index (χ1n) is 11.6. The number of fused-ring (bicyclic) bond motifs is 1. The van der Waals surface area contributed by atoms with Gasteiger partial charge in [0, 0.05) is 64.0 Å². The lowest BCUT2D eigenvalue weighted by molar-refractivity contribution is -0.136. The molecule has 3 amide bonds. The van der Waals surface area contributed by atoms with Crippen LogP contribution in [-0.4, -0.2) is 66.8 Å². The van der Waals surface area contributed by atoms with Crippen molar-refractivity contribution in [3.8, 4) is 0 Å². The minimum Gasteiger partial charge on any atom is -0.388 e. The molecule has 5 rings (SSSR count). The molecule has 1 unspecified atom stereocenters. The van der Waals surface area contributed by atoms with E-state index in [4.69, 9.17) is 0 Å². The van der Waals surface area contributed by atoms with Crippen LogP contribution in [0.25, 0.3) is 0 Å². The normalized spacial score (nSPS) is 21.0. The van der Waals surface area contributed by atoms with E-state index in [0.717, 1.165) is 30.9 Å². The van der Waals surface area contributed by atoms with E-state index in [1.54, 1.807) is 6.07 Å². The van der Waals surface area contributed by atoms with Crippen molar-refractivity contribution >= 4 is 29.1 Å². The highest BCUT2D eigenvalue weighted by atomic mass is 19.1. The zero-order chi connectivity index (χ0) is 23.8. The van der Waals surface area contributed by atoms with Crippen LogP contribution in [-0.2, 0) is 22.7 Å². The zero-order valence-corrected chi connectivity index (χ0v) is 19.1. The van der Waals surface area contributed by atoms with E-state index in [2.05, 4.69) is 27.7 Å². The molecule has 0 aliphatic carbocycles. The fourth-order valence-electron chi connectivity index (χ4n) is 5.11. The Morgan fingerprint density at radius 1 is 1.09 bits per heavy atom. The summed E-state index contributed by atoms with van der Waals surface area (Å²) < 4.78 is 15.1. The molecule has 2 aromatic carbocycles. The van der Waals surface area contributed by atoms with Gasteiger partial charge in [-0.1, -0.05) is 18.2 Å². The van der Waals surface area contributed by atoms with Gasteiger partial charge in [0.2, 0.25) is 11.8 Å². The monoisotopic (exact) mass is 465 g/mol. The summed E-state index contributed by atoms with van der Waals surface area (Å²) in [5.74, 6) is -1.57. The molecule has 3 aliphatic heterocycles. The summed E-state index contributed by atoms with van der Waals surface area (Å²) in [5, 5.41) is 5.52. The van der Waals surface area contributed by atoms with Gasteiger partial charge in [-0.2, -0.15) is 0 Å². The van der Waals surface area contributed by atoms with E-state index in [9.17, 15) is 14.4 Å². The highest BCUT2D eigenvalue weighted by Crippen LogP contribution is 2.33. The maximum atomic E-state index is 15.1. The number of rotatable bonds is 5. The minimum absolute atomic E-state index is 0.194. The molecule has 2 aromatic rings. The average molecular weight is 466 g/mol. The number of amides is 3. The summed E-state index contributed by atoms with van der Waals surface area (Å²) in [6.07, 6.45) is 0.484. The molecule has 9 heteroatoms. The first kappa shape index (κ1) is 22.3. The largest absolute Gasteiger partial charge is 0.388 e. The van der Waals surface area contributed by atoms with E-state index in [1.807, 2.05) is 24.1 Å². The Kier molecular flexibility index (Phi) is 5.95. The fraction of sp³-hybridized carbons (Fsp3) is 0.400. The van der Waals surface area contributed by atoms with Crippen LogP contribution in [0.1, 0.15) is 34.3 Å². The van der Waals surface area contributed by atoms with Crippen molar-refractivity contribution in [3.05, 3.63) is 58.9 Å². The number of nitrogens with one attached hydrogen (secondary N) is 2. The van der Waals surface area contributed by atoms with Gasteiger partial charge >= 0.3 is 0 Å². The van der Waals surface area contributed by atoms with Gasteiger partial charge in [0.1, 0.15) is 11.9 Å². The number of benzene rings is 2. The van der Waals surface area contributed by atoms with Crippen LogP contribution in [0.15, 0.2) is 36.4 Å². The number of para-hydroxylation sites is 1. The second kappa shape index (κ2) is 9.06. The van der Waals surface area contributed by atoms with Crippen molar-refractivity contribution in [2.45, 2.75) is 32.0 Å². The average Bonchev–Trinajstić information content (AvgIpc) is 3.14. The number of halogens is 1. The Morgan fingerprint density at radius 3 is 2.59 bits per heavy atom. The van der Waals surface area contributed by atoms with Gasteiger partial charge in [-0.3, -0.25) is 24.6 Å². The first-order chi connectivity index (χ1) is 16.4. The summed E-state index contributed by atoms with van der Waals surface area (Å²) in [6.45, 7) is 4.04. The Labute approximate surface area is 197 Å². The van der Waals surface area contributed by atoms with Gasteiger partial charge in [-0.25, -0.2) is 4.39 Å². The maximum absolute atomic E-state index is 15.1.